The normalized spacial score (nSPS) is 13.3. The molecule has 7 rings (SSSR count). The Morgan fingerprint density at radius 2 is 1.45 bits per heavy atom. The molecule has 0 unspecified atom stereocenters. The summed E-state index contributed by atoms with van der Waals surface area (Å²) in [5.74, 6) is 0. The third-order valence-corrected chi connectivity index (χ3v) is 8.09. The molecule has 190 valence electrons. The highest BCUT2D eigenvalue weighted by Gasteiger charge is 2.24. The van der Waals surface area contributed by atoms with E-state index in [0.717, 1.165) is 18.4 Å². The van der Waals surface area contributed by atoms with Crippen LogP contribution in [-0.2, 0) is 12.8 Å². The van der Waals surface area contributed by atoms with Gasteiger partial charge < -0.3 is 4.40 Å². The maximum absolute atomic E-state index is 5.07. The van der Waals surface area contributed by atoms with Crippen LogP contribution in [0.3, 0.4) is 0 Å². The number of hydrogen-bond donors (Lipinski definition) is 0. The zero-order valence-corrected chi connectivity index (χ0v) is 23.7. The van der Waals surface area contributed by atoms with Crippen LogP contribution in [0, 0.1) is 17.8 Å². The first kappa shape index (κ1) is 23.5. The summed E-state index contributed by atoms with van der Waals surface area (Å²) < 4.78 is 2.58. The van der Waals surface area contributed by atoms with Gasteiger partial charge in [0, 0.05) is 27.7 Å². The molecule has 2 heteroatoms. The Bertz CT molecular complexity index is 2040. The molecule has 0 saturated carbocycles. The average Bonchev–Trinajstić information content (AvgIpc) is 3.17. The lowest BCUT2D eigenvalue weighted by Crippen LogP contribution is -2.12. The number of fused-ring (bicyclic) bond motifs is 7. The molecule has 0 aliphatic rings. The van der Waals surface area contributed by atoms with Crippen molar-refractivity contribution in [1.29, 1.82) is 0 Å². The van der Waals surface area contributed by atoms with Crippen molar-refractivity contribution in [2.24, 2.45) is 10.8 Å². The molecule has 3 aromatic heterocycles. The molecule has 0 bridgehead atoms. The van der Waals surface area contributed by atoms with E-state index in [2.05, 4.69) is 114 Å². The van der Waals surface area contributed by atoms with Crippen LogP contribution in [0.25, 0.3) is 59.8 Å². The number of hydrogen-bond acceptors (Lipinski definition) is 1. The van der Waals surface area contributed by atoms with E-state index in [1.807, 2.05) is 6.20 Å². The third-order valence-electron chi connectivity index (χ3n) is 8.09. The topological polar surface area (TPSA) is 17.3 Å². The zero-order valence-electron chi connectivity index (χ0n) is 23.7. The number of nitrogens with zero attached hydrogens (tertiary/aromatic N) is 2. The number of pyridine rings is 2. The second-order valence-corrected chi connectivity index (χ2v) is 13.8. The molecule has 0 aliphatic carbocycles. The van der Waals surface area contributed by atoms with E-state index in [1.54, 1.807) is 0 Å². The molecule has 0 fully saturated rings. The van der Waals surface area contributed by atoms with E-state index in [-0.39, 0.29) is 10.8 Å². The second-order valence-electron chi connectivity index (χ2n) is 13.8. The van der Waals surface area contributed by atoms with Gasteiger partial charge in [0.1, 0.15) is 0 Å². The van der Waals surface area contributed by atoms with Gasteiger partial charge >= 0.3 is 0 Å². The highest BCUT2D eigenvalue weighted by atomic mass is 14.9. The Balaban J connectivity index is 1.77. The molecular weight excluding hydrogens is 460 g/mol. The van der Waals surface area contributed by atoms with Crippen molar-refractivity contribution >= 4 is 59.8 Å². The minimum atomic E-state index is 0.139. The smallest absolute Gasteiger partial charge is 0.0823 e. The van der Waals surface area contributed by atoms with Crippen molar-refractivity contribution in [2.75, 3.05) is 0 Å². The predicted molar refractivity (Wildman–Crippen MR) is 165 cm³/mol. The van der Waals surface area contributed by atoms with Crippen molar-refractivity contribution in [3.63, 3.8) is 0 Å². The monoisotopic (exact) mass is 496 g/mol. The molecule has 0 amide bonds. The standard InChI is InChI=1S/C36H36N2/c1-21-9-8-10-29-30(21)26-14-12-23-15-16-37-32-27-18-24-17-22(19-35(2,3)4)11-13-25(24)28(20-36(5,6)7)33(27)38(29)34(26)31(23)32/h8-18H,19-20H2,1-7H3. The van der Waals surface area contributed by atoms with Gasteiger partial charge in [-0.2, -0.15) is 0 Å². The van der Waals surface area contributed by atoms with Crippen molar-refractivity contribution < 1.29 is 0 Å². The summed E-state index contributed by atoms with van der Waals surface area (Å²) in [4.78, 5) is 5.07. The number of rotatable bonds is 2. The average molecular weight is 497 g/mol. The van der Waals surface area contributed by atoms with Crippen molar-refractivity contribution in [2.45, 2.75) is 61.3 Å². The Morgan fingerprint density at radius 3 is 2.21 bits per heavy atom. The second kappa shape index (κ2) is 7.69. The summed E-state index contributed by atoms with van der Waals surface area (Å²) in [6.07, 6.45) is 4.05. The lowest BCUT2D eigenvalue weighted by molar-refractivity contribution is 0.411. The summed E-state index contributed by atoms with van der Waals surface area (Å²) >= 11 is 0. The summed E-state index contributed by atoms with van der Waals surface area (Å²) in [6, 6.07) is 23.1. The molecule has 2 nitrogen and oxygen atoms in total. The summed E-state index contributed by atoms with van der Waals surface area (Å²) in [5, 5.41) is 9.17. The van der Waals surface area contributed by atoms with E-state index in [1.165, 1.54) is 70.9 Å². The number of aryl methyl sites for hydroxylation is 1. The molecule has 0 aliphatic heterocycles. The highest BCUT2D eigenvalue weighted by Crippen LogP contribution is 2.44. The first-order chi connectivity index (χ1) is 18.0. The minimum Gasteiger partial charge on any atom is -0.308 e. The van der Waals surface area contributed by atoms with Crippen molar-refractivity contribution in [3.05, 3.63) is 83.6 Å². The fraction of sp³-hybridized carbons (Fsp3) is 0.306. The van der Waals surface area contributed by atoms with Crippen LogP contribution in [0.4, 0.5) is 0 Å². The Labute approximate surface area is 224 Å². The first-order valence-corrected chi connectivity index (χ1v) is 13.9. The van der Waals surface area contributed by atoms with Gasteiger partial charge in [-0.3, -0.25) is 4.98 Å². The lowest BCUT2D eigenvalue weighted by atomic mass is 9.83. The van der Waals surface area contributed by atoms with Crippen LogP contribution < -0.4 is 0 Å². The maximum atomic E-state index is 5.07. The van der Waals surface area contributed by atoms with Gasteiger partial charge in [0.05, 0.1) is 22.1 Å². The summed E-state index contributed by atoms with van der Waals surface area (Å²) in [5.41, 5.74) is 9.58. The van der Waals surface area contributed by atoms with E-state index in [4.69, 9.17) is 4.98 Å². The highest BCUT2D eigenvalue weighted by molar-refractivity contribution is 6.29. The lowest BCUT2D eigenvalue weighted by Gasteiger charge is -2.24. The number of benzene rings is 4. The van der Waals surface area contributed by atoms with Gasteiger partial charge in [-0.05, 0) is 81.6 Å². The van der Waals surface area contributed by atoms with Crippen molar-refractivity contribution in [3.8, 4) is 0 Å². The fourth-order valence-corrected chi connectivity index (χ4v) is 6.82. The van der Waals surface area contributed by atoms with Crippen LogP contribution in [0.1, 0.15) is 58.2 Å². The van der Waals surface area contributed by atoms with Crippen LogP contribution in [-0.4, -0.2) is 9.38 Å². The molecule has 0 atom stereocenters. The zero-order chi connectivity index (χ0) is 26.6. The van der Waals surface area contributed by atoms with Gasteiger partial charge in [0.25, 0.3) is 0 Å². The van der Waals surface area contributed by atoms with E-state index < -0.39 is 0 Å². The van der Waals surface area contributed by atoms with Crippen LogP contribution in [0.5, 0.6) is 0 Å². The van der Waals surface area contributed by atoms with Crippen LogP contribution in [0.15, 0.2) is 66.9 Å². The molecular formula is C36H36N2. The quantitative estimate of drug-likeness (QED) is 0.172. The molecule has 0 saturated heterocycles. The third kappa shape index (κ3) is 3.42. The molecule has 4 aromatic carbocycles. The Morgan fingerprint density at radius 1 is 0.684 bits per heavy atom. The SMILES string of the molecule is Cc1cccc2c1c1ccc3ccnc4c5cc6cc(CC(C)(C)C)ccc6c(CC(C)(C)C)c5n2c1c34. The summed E-state index contributed by atoms with van der Waals surface area (Å²) in [6.45, 7) is 16.3. The van der Waals surface area contributed by atoms with E-state index in [0.29, 0.717) is 0 Å². The van der Waals surface area contributed by atoms with E-state index in [9.17, 15) is 0 Å². The fourth-order valence-electron chi connectivity index (χ4n) is 6.82. The first-order valence-electron chi connectivity index (χ1n) is 13.9. The largest absolute Gasteiger partial charge is 0.308 e. The molecule has 0 spiro atoms. The van der Waals surface area contributed by atoms with Gasteiger partial charge in [0.15, 0.2) is 0 Å². The van der Waals surface area contributed by atoms with Gasteiger partial charge in [-0.1, -0.05) is 84.0 Å². The number of aromatic nitrogens is 2. The molecule has 0 radical (unpaired) electrons. The molecule has 7 aromatic rings. The van der Waals surface area contributed by atoms with Crippen LogP contribution >= 0.6 is 0 Å². The molecule has 3 heterocycles. The Kier molecular flexibility index (Phi) is 4.75. The summed E-state index contributed by atoms with van der Waals surface area (Å²) in [7, 11) is 0. The van der Waals surface area contributed by atoms with Gasteiger partial charge in [-0.15, -0.1) is 0 Å². The predicted octanol–water partition coefficient (Wildman–Crippen LogP) is 10.0. The van der Waals surface area contributed by atoms with Gasteiger partial charge in [0.2, 0.25) is 0 Å². The van der Waals surface area contributed by atoms with Crippen LogP contribution in [0.2, 0.25) is 0 Å². The maximum Gasteiger partial charge on any atom is 0.0823 e. The minimum absolute atomic E-state index is 0.139. The molecule has 0 N–H and O–H groups in total. The van der Waals surface area contributed by atoms with Crippen molar-refractivity contribution in [1.82, 2.24) is 9.38 Å². The Hall–Kier alpha value is -3.65. The van der Waals surface area contributed by atoms with E-state index >= 15 is 0 Å². The van der Waals surface area contributed by atoms with Gasteiger partial charge in [-0.25, -0.2) is 0 Å². The molecule has 38 heavy (non-hydrogen) atoms.